The summed E-state index contributed by atoms with van der Waals surface area (Å²) in [4.78, 5) is 10.9. The molecule has 0 amide bonds. The van der Waals surface area contributed by atoms with Gasteiger partial charge in [-0.25, -0.2) is 4.98 Å². The van der Waals surface area contributed by atoms with E-state index in [1.54, 1.807) is 44.6 Å². The van der Waals surface area contributed by atoms with E-state index in [0.29, 0.717) is 25.7 Å². The lowest BCUT2D eigenvalue weighted by atomic mass is 10.2. The van der Waals surface area contributed by atoms with Crippen LogP contribution in [0.25, 0.3) is 0 Å². The van der Waals surface area contributed by atoms with Crippen molar-refractivity contribution in [1.29, 1.82) is 0 Å². The Bertz CT molecular complexity index is 839. The van der Waals surface area contributed by atoms with E-state index in [9.17, 15) is 8.78 Å². The molecule has 0 saturated heterocycles. The topological polar surface area (TPSA) is 68.2 Å². The maximum absolute atomic E-state index is 12.6. The van der Waals surface area contributed by atoms with Crippen molar-refractivity contribution in [3.8, 4) is 11.5 Å². The second kappa shape index (κ2) is 13.6. The standard InChI is InChI=1S/C20H28F2N4O3S.HI/c1-6-28-17-9-14(7-8-16(17)29-19(21)22)10-24-20(23-3)26(4)11-15-12-30-18(25-15)13(2)27-5;/h7-9,12-13,19H,6,10-11H2,1-5H3,(H,23,24);1H. The number of halogens is 3. The number of hydrogen-bond acceptors (Lipinski definition) is 6. The number of nitrogens with one attached hydrogen (secondary N) is 1. The monoisotopic (exact) mass is 570 g/mol. The minimum absolute atomic E-state index is 0. The first-order valence-electron chi connectivity index (χ1n) is 9.47. The Morgan fingerprint density at radius 3 is 2.68 bits per heavy atom. The molecular formula is C20H29F2IN4O3S. The van der Waals surface area contributed by atoms with Gasteiger partial charge in [0.05, 0.1) is 18.8 Å². The lowest BCUT2D eigenvalue weighted by molar-refractivity contribution is -0.0514. The summed E-state index contributed by atoms with van der Waals surface area (Å²) in [6.45, 7) is 2.20. The van der Waals surface area contributed by atoms with Crippen LogP contribution in [0.3, 0.4) is 0 Å². The summed E-state index contributed by atoms with van der Waals surface area (Å²) in [6, 6.07) is 4.87. The van der Waals surface area contributed by atoms with Crippen molar-refractivity contribution in [3.63, 3.8) is 0 Å². The Hall–Kier alpha value is -1.73. The van der Waals surface area contributed by atoms with Crippen LogP contribution in [0.2, 0.25) is 0 Å². The van der Waals surface area contributed by atoms with Crippen molar-refractivity contribution in [2.45, 2.75) is 39.7 Å². The second-order valence-electron chi connectivity index (χ2n) is 6.40. The molecule has 1 N–H and O–H groups in total. The van der Waals surface area contributed by atoms with E-state index in [1.807, 2.05) is 24.3 Å². The highest BCUT2D eigenvalue weighted by Crippen LogP contribution is 2.30. The number of rotatable bonds is 10. The highest BCUT2D eigenvalue weighted by molar-refractivity contribution is 14.0. The maximum Gasteiger partial charge on any atom is 0.387 e. The fourth-order valence-electron chi connectivity index (χ4n) is 2.69. The number of hydrogen-bond donors (Lipinski definition) is 1. The van der Waals surface area contributed by atoms with Crippen molar-refractivity contribution in [2.24, 2.45) is 4.99 Å². The van der Waals surface area contributed by atoms with Crippen LogP contribution in [0.15, 0.2) is 28.6 Å². The van der Waals surface area contributed by atoms with Gasteiger partial charge in [-0.15, -0.1) is 35.3 Å². The van der Waals surface area contributed by atoms with Crippen LogP contribution in [0, 0.1) is 0 Å². The molecule has 1 aromatic carbocycles. The number of benzene rings is 1. The van der Waals surface area contributed by atoms with E-state index in [2.05, 4.69) is 20.0 Å². The zero-order chi connectivity index (χ0) is 22.1. The zero-order valence-electron chi connectivity index (χ0n) is 18.2. The number of ether oxygens (including phenoxy) is 3. The third-order valence-electron chi connectivity index (χ3n) is 4.22. The molecule has 0 aliphatic carbocycles. The Balaban J connectivity index is 0.00000480. The molecule has 1 aromatic heterocycles. The molecule has 1 unspecified atom stereocenters. The fourth-order valence-corrected chi connectivity index (χ4v) is 3.53. The fraction of sp³-hybridized carbons (Fsp3) is 0.500. The zero-order valence-corrected chi connectivity index (χ0v) is 21.4. The number of aliphatic imine (C=N–C) groups is 1. The second-order valence-corrected chi connectivity index (χ2v) is 7.29. The molecule has 1 heterocycles. The third-order valence-corrected chi connectivity index (χ3v) is 5.27. The van der Waals surface area contributed by atoms with Gasteiger partial charge in [-0.2, -0.15) is 8.78 Å². The van der Waals surface area contributed by atoms with E-state index in [0.717, 1.165) is 16.3 Å². The predicted octanol–water partition coefficient (Wildman–Crippen LogP) is 4.68. The van der Waals surface area contributed by atoms with Crippen molar-refractivity contribution >= 4 is 41.3 Å². The quantitative estimate of drug-likeness (QED) is 0.255. The number of aromatic nitrogens is 1. The molecule has 0 fully saturated rings. The number of nitrogens with zero attached hydrogens (tertiary/aromatic N) is 3. The largest absolute Gasteiger partial charge is 0.490 e. The van der Waals surface area contributed by atoms with Crippen molar-refractivity contribution in [2.75, 3.05) is 27.8 Å². The van der Waals surface area contributed by atoms with Crippen LogP contribution >= 0.6 is 35.3 Å². The van der Waals surface area contributed by atoms with Gasteiger partial charge in [0.15, 0.2) is 17.5 Å². The molecule has 0 aliphatic heterocycles. The molecule has 11 heteroatoms. The third kappa shape index (κ3) is 8.37. The van der Waals surface area contributed by atoms with Crippen LogP contribution < -0.4 is 14.8 Å². The summed E-state index contributed by atoms with van der Waals surface area (Å²) in [5.41, 5.74) is 1.77. The average Bonchev–Trinajstić information content (AvgIpc) is 3.18. The molecule has 2 aromatic rings. The number of thiazole rings is 1. The summed E-state index contributed by atoms with van der Waals surface area (Å²) in [5, 5.41) is 6.19. The number of alkyl halides is 2. The van der Waals surface area contributed by atoms with Gasteiger partial charge in [0.25, 0.3) is 0 Å². The SMILES string of the molecule is CCOc1cc(CNC(=NC)N(C)Cc2csc(C(C)OC)n2)ccc1OC(F)F.I. The molecule has 0 saturated carbocycles. The van der Waals surface area contributed by atoms with Gasteiger partial charge < -0.3 is 24.4 Å². The smallest absolute Gasteiger partial charge is 0.387 e. The van der Waals surface area contributed by atoms with Gasteiger partial charge in [0.1, 0.15) is 11.1 Å². The first kappa shape index (κ1) is 27.3. The van der Waals surface area contributed by atoms with Crippen LogP contribution in [0.5, 0.6) is 11.5 Å². The lowest BCUT2D eigenvalue weighted by Gasteiger charge is -2.21. The first-order chi connectivity index (χ1) is 14.4. The van der Waals surface area contributed by atoms with Gasteiger partial charge in [0.2, 0.25) is 0 Å². The Morgan fingerprint density at radius 1 is 1.32 bits per heavy atom. The first-order valence-corrected chi connectivity index (χ1v) is 10.3. The van der Waals surface area contributed by atoms with E-state index < -0.39 is 6.61 Å². The molecule has 0 aliphatic rings. The number of guanidine groups is 1. The Morgan fingerprint density at radius 2 is 2.06 bits per heavy atom. The minimum Gasteiger partial charge on any atom is -0.490 e. The Kier molecular flexibility index (Phi) is 12.0. The molecule has 2 rings (SSSR count). The molecule has 0 spiro atoms. The van der Waals surface area contributed by atoms with E-state index in [4.69, 9.17) is 9.47 Å². The normalized spacial score (nSPS) is 12.3. The molecular weight excluding hydrogens is 541 g/mol. The van der Waals surface area contributed by atoms with Gasteiger partial charge in [-0.05, 0) is 31.5 Å². The summed E-state index contributed by atoms with van der Waals surface area (Å²) >= 11 is 1.56. The van der Waals surface area contributed by atoms with E-state index in [1.165, 1.54) is 6.07 Å². The summed E-state index contributed by atoms with van der Waals surface area (Å²) < 4.78 is 40.3. The minimum atomic E-state index is -2.90. The molecule has 0 bridgehead atoms. The molecule has 174 valence electrons. The summed E-state index contributed by atoms with van der Waals surface area (Å²) in [6.07, 6.45) is -0.0388. The van der Waals surface area contributed by atoms with E-state index >= 15 is 0 Å². The van der Waals surface area contributed by atoms with Gasteiger partial charge in [-0.3, -0.25) is 4.99 Å². The van der Waals surface area contributed by atoms with Gasteiger partial charge in [-0.1, -0.05) is 6.07 Å². The van der Waals surface area contributed by atoms with Crippen molar-refractivity contribution in [1.82, 2.24) is 15.2 Å². The van der Waals surface area contributed by atoms with Crippen LogP contribution in [0.1, 0.15) is 36.2 Å². The average molecular weight is 570 g/mol. The molecule has 7 nitrogen and oxygen atoms in total. The Labute approximate surface area is 202 Å². The highest BCUT2D eigenvalue weighted by atomic mass is 127. The van der Waals surface area contributed by atoms with Crippen LogP contribution in [-0.2, 0) is 17.8 Å². The van der Waals surface area contributed by atoms with Gasteiger partial charge >= 0.3 is 6.61 Å². The number of methoxy groups -OCH3 is 1. The maximum atomic E-state index is 12.6. The molecule has 31 heavy (non-hydrogen) atoms. The molecule has 0 radical (unpaired) electrons. The predicted molar refractivity (Wildman–Crippen MR) is 129 cm³/mol. The summed E-state index contributed by atoms with van der Waals surface area (Å²) in [7, 11) is 5.27. The van der Waals surface area contributed by atoms with Crippen LogP contribution in [-0.4, -0.2) is 50.3 Å². The van der Waals surface area contributed by atoms with Gasteiger partial charge in [0, 0.05) is 33.1 Å². The summed E-state index contributed by atoms with van der Waals surface area (Å²) in [5.74, 6) is 0.972. The lowest BCUT2D eigenvalue weighted by Crippen LogP contribution is -2.38. The van der Waals surface area contributed by atoms with E-state index in [-0.39, 0.29) is 41.6 Å². The van der Waals surface area contributed by atoms with Crippen molar-refractivity contribution < 1.29 is 23.0 Å². The van der Waals surface area contributed by atoms with Crippen LogP contribution in [0.4, 0.5) is 8.78 Å². The highest BCUT2D eigenvalue weighted by Gasteiger charge is 2.14. The van der Waals surface area contributed by atoms with Crippen molar-refractivity contribution in [3.05, 3.63) is 39.8 Å². The molecule has 1 atom stereocenters.